The lowest BCUT2D eigenvalue weighted by molar-refractivity contribution is -0.137. The van der Waals surface area contributed by atoms with E-state index in [1.165, 1.54) is 22.1 Å². The fraction of sp³-hybridized carbons (Fsp3) is 0.318. The molecule has 0 radical (unpaired) electrons. The van der Waals surface area contributed by atoms with E-state index in [-0.39, 0.29) is 18.4 Å². The maximum Gasteiger partial charge on any atom is 0.330 e. The number of nitrogens with zero attached hydrogens (tertiary/aromatic N) is 1. The van der Waals surface area contributed by atoms with Crippen molar-refractivity contribution in [3.63, 3.8) is 0 Å². The lowest BCUT2D eigenvalue weighted by Crippen LogP contribution is -2.12. The Labute approximate surface area is 176 Å². The Morgan fingerprint density at radius 2 is 2.14 bits per heavy atom. The van der Waals surface area contributed by atoms with E-state index in [2.05, 4.69) is 42.6 Å². The van der Waals surface area contributed by atoms with Crippen molar-refractivity contribution >= 4 is 41.4 Å². The van der Waals surface area contributed by atoms with Crippen LogP contribution in [0.3, 0.4) is 0 Å². The molecule has 1 aromatic heterocycles. The molecule has 0 bridgehead atoms. The van der Waals surface area contributed by atoms with Crippen molar-refractivity contribution in [3.05, 3.63) is 63.4 Å². The summed E-state index contributed by atoms with van der Waals surface area (Å²) in [5.41, 5.74) is 4.45. The van der Waals surface area contributed by atoms with Crippen LogP contribution in [0.1, 0.15) is 34.9 Å². The number of benzene rings is 1. The fourth-order valence-corrected chi connectivity index (χ4v) is 3.94. The highest BCUT2D eigenvalue weighted by Crippen LogP contribution is 2.40. The first-order valence-electron chi connectivity index (χ1n) is 9.12. The Balaban J connectivity index is 0.00000280. The second-order valence-electron chi connectivity index (χ2n) is 6.61. The molecule has 0 fully saturated rings. The van der Waals surface area contributed by atoms with Crippen LogP contribution < -0.4 is 4.74 Å². The van der Waals surface area contributed by atoms with Gasteiger partial charge in [0, 0.05) is 28.6 Å². The molecule has 0 aliphatic carbocycles. The number of esters is 1. The van der Waals surface area contributed by atoms with Crippen LogP contribution in [0.2, 0.25) is 0 Å². The largest absolute Gasteiger partial charge is 0.488 e. The maximum atomic E-state index is 11.6. The minimum absolute atomic E-state index is 0. The average molecular weight is 420 g/mol. The standard InChI is InChI=1S/C22H25NO3S.ClH/c1-4-25-21(24)10-8-16-7-9-20-19(14-16)18(6-5-12-23(2)3)22-17(15-26-20)11-13-27-22;/h6-11,13-14H,4-5,12,15H2,1-3H3;1H/b10-8+,18-6-;. The Bertz CT molecular complexity index is 870. The molecule has 28 heavy (non-hydrogen) atoms. The van der Waals surface area contributed by atoms with Crippen LogP contribution in [0.4, 0.5) is 0 Å². The number of thiophene rings is 1. The predicted molar refractivity (Wildman–Crippen MR) is 118 cm³/mol. The van der Waals surface area contributed by atoms with Crippen molar-refractivity contribution < 1.29 is 14.3 Å². The molecule has 150 valence electrons. The highest BCUT2D eigenvalue weighted by molar-refractivity contribution is 7.11. The van der Waals surface area contributed by atoms with Crippen LogP contribution in [0.5, 0.6) is 5.75 Å². The van der Waals surface area contributed by atoms with Crippen LogP contribution in [0.15, 0.2) is 41.8 Å². The smallest absolute Gasteiger partial charge is 0.330 e. The number of hydrogen-bond acceptors (Lipinski definition) is 5. The van der Waals surface area contributed by atoms with Crippen LogP contribution in [0.25, 0.3) is 11.6 Å². The molecule has 1 aliphatic heterocycles. The summed E-state index contributed by atoms with van der Waals surface area (Å²) >= 11 is 1.75. The van der Waals surface area contributed by atoms with Crippen molar-refractivity contribution in [1.29, 1.82) is 0 Å². The molecule has 0 unspecified atom stereocenters. The maximum absolute atomic E-state index is 11.6. The van der Waals surface area contributed by atoms with Crippen molar-refractivity contribution in [1.82, 2.24) is 4.90 Å². The molecule has 1 aromatic carbocycles. The van der Waals surface area contributed by atoms with Crippen LogP contribution in [0, 0.1) is 0 Å². The van der Waals surface area contributed by atoms with Gasteiger partial charge in [-0.15, -0.1) is 23.7 Å². The third kappa shape index (κ3) is 5.47. The Morgan fingerprint density at radius 1 is 1.32 bits per heavy atom. The molecular weight excluding hydrogens is 394 g/mol. The highest BCUT2D eigenvalue weighted by Gasteiger charge is 2.20. The normalized spacial score (nSPS) is 14.2. The van der Waals surface area contributed by atoms with Gasteiger partial charge in [-0.05, 0) is 68.2 Å². The van der Waals surface area contributed by atoms with Gasteiger partial charge in [-0.3, -0.25) is 0 Å². The van der Waals surface area contributed by atoms with Gasteiger partial charge in [0.15, 0.2) is 0 Å². The summed E-state index contributed by atoms with van der Waals surface area (Å²) < 4.78 is 11.0. The number of carbonyl (C=O) groups excluding carboxylic acids is 1. The van der Waals surface area contributed by atoms with Gasteiger partial charge >= 0.3 is 5.97 Å². The molecule has 0 amide bonds. The van der Waals surface area contributed by atoms with Gasteiger partial charge < -0.3 is 14.4 Å². The zero-order valence-electron chi connectivity index (χ0n) is 16.4. The molecule has 3 rings (SSSR count). The van der Waals surface area contributed by atoms with E-state index in [4.69, 9.17) is 9.47 Å². The number of halogens is 1. The van der Waals surface area contributed by atoms with Crippen molar-refractivity contribution in [2.24, 2.45) is 0 Å². The van der Waals surface area contributed by atoms with E-state index in [0.717, 1.165) is 29.8 Å². The van der Waals surface area contributed by atoms with Gasteiger partial charge in [-0.1, -0.05) is 12.1 Å². The molecule has 2 heterocycles. The summed E-state index contributed by atoms with van der Waals surface area (Å²) in [6.07, 6.45) is 6.51. The van der Waals surface area contributed by atoms with Crippen LogP contribution in [-0.2, 0) is 16.1 Å². The Morgan fingerprint density at radius 3 is 2.89 bits per heavy atom. The average Bonchev–Trinajstić information content (AvgIpc) is 3.05. The first-order chi connectivity index (χ1) is 13.1. The van der Waals surface area contributed by atoms with E-state index in [1.54, 1.807) is 24.3 Å². The zero-order chi connectivity index (χ0) is 19.2. The summed E-state index contributed by atoms with van der Waals surface area (Å²) in [5.74, 6) is 0.550. The lowest BCUT2D eigenvalue weighted by atomic mass is 9.98. The summed E-state index contributed by atoms with van der Waals surface area (Å²) in [6.45, 7) is 3.74. The number of carbonyl (C=O) groups is 1. The van der Waals surface area contributed by atoms with Crippen molar-refractivity contribution in [3.8, 4) is 5.75 Å². The molecule has 2 aromatic rings. The number of hydrogen-bond donors (Lipinski definition) is 0. The third-order valence-corrected chi connectivity index (χ3v) is 5.28. The monoisotopic (exact) mass is 419 g/mol. The minimum Gasteiger partial charge on any atom is -0.488 e. The first kappa shape index (κ1) is 22.2. The Hall–Kier alpha value is -2.08. The highest BCUT2D eigenvalue weighted by atomic mass is 35.5. The van der Waals surface area contributed by atoms with Gasteiger partial charge in [-0.2, -0.15) is 0 Å². The zero-order valence-corrected chi connectivity index (χ0v) is 18.1. The van der Waals surface area contributed by atoms with E-state index in [0.29, 0.717) is 13.2 Å². The van der Waals surface area contributed by atoms with E-state index >= 15 is 0 Å². The minimum atomic E-state index is -0.328. The second kappa shape index (κ2) is 10.5. The molecule has 1 aliphatic rings. The quantitative estimate of drug-likeness (QED) is 0.486. The lowest BCUT2D eigenvalue weighted by Gasteiger charge is -2.12. The fourth-order valence-electron chi connectivity index (χ4n) is 2.98. The van der Waals surface area contributed by atoms with Gasteiger partial charge in [-0.25, -0.2) is 4.79 Å². The molecular formula is C22H26ClNO3S. The van der Waals surface area contributed by atoms with Gasteiger partial charge in [0.1, 0.15) is 12.4 Å². The summed E-state index contributed by atoms with van der Waals surface area (Å²) in [5, 5.41) is 2.11. The van der Waals surface area contributed by atoms with E-state index in [1.807, 2.05) is 12.1 Å². The van der Waals surface area contributed by atoms with E-state index in [9.17, 15) is 4.79 Å². The predicted octanol–water partition coefficient (Wildman–Crippen LogP) is 5.02. The molecule has 0 atom stereocenters. The van der Waals surface area contributed by atoms with E-state index < -0.39 is 0 Å². The third-order valence-electron chi connectivity index (χ3n) is 4.29. The van der Waals surface area contributed by atoms with Gasteiger partial charge in [0.2, 0.25) is 0 Å². The topological polar surface area (TPSA) is 38.8 Å². The second-order valence-corrected chi connectivity index (χ2v) is 7.53. The first-order valence-corrected chi connectivity index (χ1v) is 10.00. The van der Waals surface area contributed by atoms with Gasteiger partial charge in [0.05, 0.1) is 6.61 Å². The molecule has 6 heteroatoms. The molecule has 4 nitrogen and oxygen atoms in total. The van der Waals surface area contributed by atoms with Crippen molar-refractivity contribution in [2.75, 3.05) is 27.2 Å². The number of fused-ring (bicyclic) bond motifs is 2. The van der Waals surface area contributed by atoms with Gasteiger partial charge in [0.25, 0.3) is 0 Å². The SMILES string of the molecule is CCOC(=O)/C=C/c1ccc2c(c1)/C(=C/CCN(C)C)c1sccc1CO2.Cl. The van der Waals surface area contributed by atoms with Crippen molar-refractivity contribution in [2.45, 2.75) is 20.0 Å². The molecule has 0 spiro atoms. The Kier molecular flexibility index (Phi) is 8.30. The summed E-state index contributed by atoms with van der Waals surface area (Å²) in [6, 6.07) is 8.16. The number of ether oxygens (including phenoxy) is 2. The summed E-state index contributed by atoms with van der Waals surface area (Å²) in [4.78, 5) is 15.1. The molecule has 0 N–H and O–H groups in total. The van der Waals surface area contributed by atoms with Crippen LogP contribution >= 0.6 is 23.7 Å². The van der Waals surface area contributed by atoms with Crippen LogP contribution in [-0.4, -0.2) is 38.1 Å². The molecule has 0 saturated heterocycles. The summed E-state index contributed by atoms with van der Waals surface area (Å²) in [7, 11) is 4.16. The molecule has 0 saturated carbocycles. The number of rotatable bonds is 6.